The Hall–Kier alpha value is -1.59. The highest BCUT2D eigenvalue weighted by molar-refractivity contribution is 7.12. The minimum absolute atomic E-state index is 0.309. The molecule has 22 heavy (non-hydrogen) atoms. The lowest BCUT2D eigenvalue weighted by Crippen LogP contribution is -2.18. The van der Waals surface area contributed by atoms with Crippen LogP contribution in [0, 0.1) is 6.92 Å². The van der Waals surface area contributed by atoms with Gasteiger partial charge < -0.3 is 14.8 Å². The van der Waals surface area contributed by atoms with Crippen molar-refractivity contribution in [1.29, 1.82) is 0 Å². The smallest absolute Gasteiger partial charge is 0.231 e. The second kappa shape index (κ2) is 7.11. The molecule has 0 saturated carbocycles. The SMILES string of the molecule is CCCCNCCc1nc(-c2ccc3c(c2)OCO3)c(C)s1. The lowest BCUT2D eigenvalue weighted by Gasteiger charge is -2.02. The fourth-order valence-corrected chi connectivity index (χ4v) is 3.45. The normalized spacial score (nSPS) is 12.8. The Morgan fingerprint density at radius 3 is 2.95 bits per heavy atom. The Balaban J connectivity index is 1.67. The molecule has 1 aliphatic rings. The van der Waals surface area contributed by atoms with Gasteiger partial charge in [-0.15, -0.1) is 11.3 Å². The summed E-state index contributed by atoms with van der Waals surface area (Å²) in [6, 6.07) is 6.04. The number of aromatic nitrogens is 1. The summed E-state index contributed by atoms with van der Waals surface area (Å²) in [5, 5.41) is 4.66. The number of aryl methyl sites for hydroxylation is 1. The molecule has 5 heteroatoms. The fraction of sp³-hybridized carbons (Fsp3) is 0.471. The van der Waals surface area contributed by atoms with Gasteiger partial charge in [0.2, 0.25) is 6.79 Å². The molecule has 3 rings (SSSR count). The first-order chi connectivity index (χ1) is 10.8. The molecule has 0 fully saturated rings. The predicted molar refractivity (Wildman–Crippen MR) is 89.9 cm³/mol. The lowest BCUT2D eigenvalue weighted by atomic mass is 10.1. The first-order valence-electron chi connectivity index (χ1n) is 7.85. The van der Waals surface area contributed by atoms with Crippen LogP contribution in [0.1, 0.15) is 29.7 Å². The molecule has 0 bridgehead atoms. The molecule has 2 heterocycles. The van der Waals surface area contributed by atoms with Crippen molar-refractivity contribution in [1.82, 2.24) is 10.3 Å². The number of nitrogens with one attached hydrogen (secondary N) is 1. The van der Waals surface area contributed by atoms with E-state index in [2.05, 4.69) is 25.2 Å². The monoisotopic (exact) mass is 318 g/mol. The maximum absolute atomic E-state index is 5.45. The number of hydrogen-bond donors (Lipinski definition) is 1. The van der Waals surface area contributed by atoms with Crippen molar-refractivity contribution >= 4 is 11.3 Å². The molecule has 1 aromatic carbocycles. The Labute approximate surface area is 135 Å². The molecule has 0 unspecified atom stereocenters. The van der Waals surface area contributed by atoms with Gasteiger partial charge in [-0.05, 0) is 38.1 Å². The van der Waals surface area contributed by atoms with Crippen molar-refractivity contribution in [2.24, 2.45) is 0 Å². The molecule has 4 nitrogen and oxygen atoms in total. The fourth-order valence-electron chi connectivity index (χ4n) is 2.49. The molecular weight excluding hydrogens is 296 g/mol. The van der Waals surface area contributed by atoms with Crippen LogP contribution in [0.25, 0.3) is 11.3 Å². The Morgan fingerprint density at radius 2 is 2.09 bits per heavy atom. The zero-order valence-corrected chi connectivity index (χ0v) is 14.0. The molecule has 0 atom stereocenters. The second-order valence-electron chi connectivity index (χ2n) is 5.43. The van der Waals surface area contributed by atoms with Crippen LogP contribution >= 0.6 is 11.3 Å². The van der Waals surface area contributed by atoms with E-state index in [1.54, 1.807) is 11.3 Å². The van der Waals surface area contributed by atoms with Crippen molar-refractivity contribution < 1.29 is 9.47 Å². The minimum atomic E-state index is 0.309. The number of benzene rings is 1. The van der Waals surface area contributed by atoms with Crippen molar-refractivity contribution in [3.05, 3.63) is 28.1 Å². The number of unbranched alkanes of at least 4 members (excludes halogenated alkanes) is 1. The van der Waals surface area contributed by atoms with Gasteiger partial charge in [0, 0.05) is 23.4 Å². The summed E-state index contributed by atoms with van der Waals surface area (Å²) in [5.74, 6) is 1.63. The molecule has 1 aromatic heterocycles. The van der Waals surface area contributed by atoms with Gasteiger partial charge in [0.15, 0.2) is 11.5 Å². The van der Waals surface area contributed by atoms with E-state index in [1.165, 1.54) is 22.7 Å². The van der Waals surface area contributed by atoms with Crippen molar-refractivity contribution in [3.8, 4) is 22.8 Å². The maximum atomic E-state index is 5.45. The standard InChI is InChI=1S/C17H22N2O2S/c1-3-4-8-18-9-7-16-19-17(12(2)22-16)13-5-6-14-15(10-13)21-11-20-14/h5-6,10,18H,3-4,7-9,11H2,1-2H3. The van der Waals surface area contributed by atoms with Gasteiger partial charge in [0.05, 0.1) is 10.7 Å². The third-order valence-electron chi connectivity index (χ3n) is 3.71. The summed E-state index contributed by atoms with van der Waals surface area (Å²) < 4.78 is 10.8. The summed E-state index contributed by atoms with van der Waals surface area (Å²) in [6.07, 6.45) is 3.46. The van der Waals surface area contributed by atoms with E-state index in [0.717, 1.165) is 42.3 Å². The summed E-state index contributed by atoms with van der Waals surface area (Å²) in [7, 11) is 0. The third kappa shape index (κ3) is 3.42. The number of hydrogen-bond acceptors (Lipinski definition) is 5. The number of fused-ring (bicyclic) bond motifs is 1. The molecule has 1 aliphatic heterocycles. The van der Waals surface area contributed by atoms with E-state index in [9.17, 15) is 0 Å². The van der Waals surface area contributed by atoms with E-state index >= 15 is 0 Å². The van der Waals surface area contributed by atoms with Gasteiger partial charge in [-0.25, -0.2) is 4.98 Å². The molecule has 1 N–H and O–H groups in total. The third-order valence-corrected chi connectivity index (χ3v) is 4.74. The molecule has 0 aliphatic carbocycles. The summed E-state index contributed by atoms with van der Waals surface area (Å²) in [4.78, 5) is 6.06. The number of thiazole rings is 1. The number of nitrogens with zero attached hydrogens (tertiary/aromatic N) is 1. The van der Waals surface area contributed by atoms with E-state index in [-0.39, 0.29) is 0 Å². The molecule has 0 radical (unpaired) electrons. The molecule has 0 spiro atoms. The van der Waals surface area contributed by atoms with E-state index in [0.29, 0.717) is 6.79 Å². The van der Waals surface area contributed by atoms with Crippen LogP contribution in [0.4, 0.5) is 0 Å². The van der Waals surface area contributed by atoms with Crippen molar-refractivity contribution in [2.45, 2.75) is 33.1 Å². The molecule has 0 saturated heterocycles. The summed E-state index contributed by atoms with van der Waals surface area (Å²) in [5.41, 5.74) is 2.16. The zero-order chi connectivity index (χ0) is 15.4. The average molecular weight is 318 g/mol. The van der Waals surface area contributed by atoms with Crippen LogP contribution < -0.4 is 14.8 Å². The van der Waals surface area contributed by atoms with Gasteiger partial charge in [0.1, 0.15) is 0 Å². The van der Waals surface area contributed by atoms with E-state index in [4.69, 9.17) is 14.5 Å². The molecular formula is C17H22N2O2S. The van der Waals surface area contributed by atoms with E-state index in [1.807, 2.05) is 12.1 Å². The second-order valence-corrected chi connectivity index (χ2v) is 6.72. The van der Waals surface area contributed by atoms with Crippen molar-refractivity contribution in [2.75, 3.05) is 19.9 Å². The van der Waals surface area contributed by atoms with Crippen LogP contribution in [0.2, 0.25) is 0 Å². The van der Waals surface area contributed by atoms with Gasteiger partial charge in [-0.1, -0.05) is 13.3 Å². The predicted octanol–water partition coefficient (Wildman–Crippen LogP) is 3.78. The zero-order valence-electron chi connectivity index (χ0n) is 13.1. The van der Waals surface area contributed by atoms with Crippen molar-refractivity contribution in [3.63, 3.8) is 0 Å². The van der Waals surface area contributed by atoms with Gasteiger partial charge in [0.25, 0.3) is 0 Å². The van der Waals surface area contributed by atoms with Gasteiger partial charge in [-0.3, -0.25) is 0 Å². The average Bonchev–Trinajstić information content (AvgIpc) is 3.12. The molecule has 0 amide bonds. The van der Waals surface area contributed by atoms with Gasteiger partial charge >= 0.3 is 0 Å². The minimum Gasteiger partial charge on any atom is -0.454 e. The number of rotatable bonds is 7. The highest BCUT2D eigenvalue weighted by Crippen LogP contribution is 2.37. The largest absolute Gasteiger partial charge is 0.454 e. The van der Waals surface area contributed by atoms with E-state index < -0.39 is 0 Å². The van der Waals surface area contributed by atoms with Crippen LogP contribution in [-0.4, -0.2) is 24.9 Å². The highest BCUT2D eigenvalue weighted by atomic mass is 32.1. The first-order valence-corrected chi connectivity index (χ1v) is 8.66. The number of ether oxygens (including phenoxy) is 2. The maximum Gasteiger partial charge on any atom is 0.231 e. The Morgan fingerprint density at radius 1 is 1.23 bits per heavy atom. The van der Waals surface area contributed by atoms with Crippen LogP contribution in [0.15, 0.2) is 18.2 Å². The first kappa shape index (κ1) is 15.3. The Kier molecular flexibility index (Phi) is 4.95. The molecule has 2 aromatic rings. The Bertz CT molecular complexity index is 640. The lowest BCUT2D eigenvalue weighted by molar-refractivity contribution is 0.174. The van der Waals surface area contributed by atoms with Crippen LogP contribution in [-0.2, 0) is 6.42 Å². The van der Waals surface area contributed by atoms with Crippen LogP contribution in [0.3, 0.4) is 0 Å². The van der Waals surface area contributed by atoms with Crippen LogP contribution in [0.5, 0.6) is 11.5 Å². The highest BCUT2D eigenvalue weighted by Gasteiger charge is 2.16. The quantitative estimate of drug-likeness (QED) is 0.789. The topological polar surface area (TPSA) is 43.4 Å². The summed E-state index contributed by atoms with van der Waals surface area (Å²) in [6.45, 7) is 6.74. The summed E-state index contributed by atoms with van der Waals surface area (Å²) >= 11 is 1.78. The molecule has 118 valence electrons. The van der Waals surface area contributed by atoms with Gasteiger partial charge in [-0.2, -0.15) is 0 Å².